The number of carbonyl (C=O) groups excluding carboxylic acids is 1. The molecule has 0 aromatic heterocycles. The second-order valence-electron chi connectivity index (χ2n) is 6.37. The molecule has 1 amide bonds. The van der Waals surface area contributed by atoms with Crippen LogP contribution >= 0.6 is 0 Å². The fourth-order valence-corrected chi connectivity index (χ4v) is 2.81. The minimum atomic E-state index is -4.35. The molecule has 0 bridgehead atoms. The minimum Gasteiger partial charge on any atom is -0.372 e. The van der Waals surface area contributed by atoms with Gasteiger partial charge in [0.05, 0.1) is 6.61 Å². The van der Waals surface area contributed by atoms with Crippen LogP contribution in [-0.4, -0.2) is 74.4 Å². The molecule has 1 N–H and O–H groups in total. The summed E-state index contributed by atoms with van der Waals surface area (Å²) >= 11 is 0. The predicted molar refractivity (Wildman–Crippen MR) is 92.7 cm³/mol. The molecule has 1 fully saturated rings. The molecule has 146 valence electrons. The number of amides is 1. The first-order valence-electron chi connectivity index (χ1n) is 8.82. The molecule has 1 aliphatic heterocycles. The van der Waals surface area contributed by atoms with Crippen molar-refractivity contribution in [3.8, 4) is 0 Å². The van der Waals surface area contributed by atoms with Crippen molar-refractivity contribution in [1.29, 1.82) is 0 Å². The first-order chi connectivity index (χ1) is 12.4. The van der Waals surface area contributed by atoms with Gasteiger partial charge in [-0.3, -0.25) is 14.6 Å². The van der Waals surface area contributed by atoms with E-state index in [-0.39, 0.29) is 18.9 Å². The molecule has 0 unspecified atom stereocenters. The molecule has 0 spiro atoms. The highest BCUT2D eigenvalue weighted by Crippen LogP contribution is 2.14. The van der Waals surface area contributed by atoms with Gasteiger partial charge < -0.3 is 10.1 Å². The highest BCUT2D eigenvalue weighted by Gasteiger charge is 2.27. The lowest BCUT2D eigenvalue weighted by Crippen LogP contribution is -2.48. The van der Waals surface area contributed by atoms with Gasteiger partial charge in [-0.15, -0.1) is 0 Å². The molecule has 1 aliphatic rings. The molecule has 0 saturated carbocycles. The molecular formula is C18H26F3N3O2. The van der Waals surface area contributed by atoms with E-state index in [1.807, 2.05) is 18.2 Å². The number of nitrogens with one attached hydrogen (secondary N) is 1. The molecule has 1 aromatic carbocycles. The van der Waals surface area contributed by atoms with Gasteiger partial charge in [-0.1, -0.05) is 30.3 Å². The van der Waals surface area contributed by atoms with Crippen LogP contribution in [0, 0.1) is 0 Å². The average Bonchev–Trinajstić information content (AvgIpc) is 2.60. The number of hydrogen-bond acceptors (Lipinski definition) is 4. The molecule has 0 aliphatic carbocycles. The van der Waals surface area contributed by atoms with Crippen LogP contribution in [0.3, 0.4) is 0 Å². The van der Waals surface area contributed by atoms with E-state index in [1.165, 1.54) is 5.56 Å². The highest BCUT2D eigenvalue weighted by molar-refractivity contribution is 5.75. The lowest BCUT2D eigenvalue weighted by molar-refractivity contribution is -0.174. The van der Waals surface area contributed by atoms with Crippen LogP contribution < -0.4 is 5.32 Å². The monoisotopic (exact) mass is 373 g/mol. The summed E-state index contributed by atoms with van der Waals surface area (Å²) in [6.45, 7) is 4.50. The van der Waals surface area contributed by atoms with E-state index in [0.717, 1.165) is 39.3 Å². The van der Waals surface area contributed by atoms with Crippen LogP contribution in [0.2, 0.25) is 0 Å². The van der Waals surface area contributed by atoms with E-state index in [0.29, 0.717) is 6.54 Å². The number of piperazine rings is 1. The molecule has 0 radical (unpaired) electrons. The maximum absolute atomic E-state index is 11.9. The zero-order valence-electron chi connectivity index (χ0n) is 14.8. The van der Waals surface area contributed by atoms with Crippen LogP contribution in [-0.2, 0) is 16.1 Å². The maximum atomic E-state index is 11.9. The van der Waals surface area contributed by atoms with Crippen molar-refractivity contribution >= 4 is 5.91 Å². The van der Waals surface area contributed by atoms with Gasteiger partial charge in [-0.25, -0.2) is 0 Å². The zero-order chi connectivity index (χ0) is 18.8. The fraction of sp³-hybridized carbons (Fsp3) is 0.611. The lowest BCUT2D eigenvalue weighted by Gasteiger charge is -2.34. The summed E-state index contributed by atoms with van der Waals surface area (Å²) in [5.41, 5.74) is 1.31. The number of hydrogen-bond donors (Lipinski definition) is 1. The van der Waals surface area contributed by atoms with Gasteiger partial charge in [0.15, 0.2) is 0 Å². The van der Waals surface area contributed by atoms with Gasteiger partial charge in [0.2, 0.25) is 5.91 Å². The van der Waals surface area contributed by atoms with Crippen molar-refractivity contribution in [2.75, 3.05) is 52.5 Å². The van der Waals surface area contributed by atoms with Crippen LogP contribution in [0.15, 0.2) is 30.3 Å². The summed E-state index contributed by atoms with van der Waals surface area (Å²) in [6.07, 6.45) is -4.40. The normalized spacial score (nSPS) is 16.6. The van der Waals surface area contributed by atoms with Crippen LogP contribution in [0.5, 0.6) is 0 Å². The first-order valence-corrected chi connectivity index (χ1v) is 8.82. The number of alkyl halides is 3. The van der Waals surface area contributed by atoms with Crippen LogP contribution in [0.1, 0.15) is 12.0 Å². The third kappa shape index (κ3) is 8.64. The van der Waals surface area contributed by atoms with Crippen molar-refractivity contribution in [2.24, 2.45) is 0 Å². The van der Waals surface area contributed by atoms with Crippen molar-refractivity contribution in [3.63, 3.8) is 0 Å². The third-order valence-corrected chi connectivity index (χ3v) is 4.20. The Morgan fingerprint density at radius 2 is 1.73 bits per heavy atom. The van der Waals surface area contributed by atoms with Gasteiger partial charge in [0.1, 0.15) is 6.61 Å². The summed E-state index contributed by atoms with van der Waals surface area (Å²) in [7, 11) is 0. The molecular weight excluding hydrogens is 347 g/mol. The molecule has 1 aromatic rings. The average molecular weight is 373 g/mol. The quantitative estimate of drug-likeness (QED) is 0.672. The Morgan fingerprint density at radius 3 is 2.38 bits per heavy atom. The summed E-state index contributed by atoms with van der Waals surface area (Å²) in [5.74, 6) is -0.283. The van der Waals surface area contributed by atoms with Gasteiger partial charge in [0.25, 0.3) is 0 Å². The van der Waals surface area contributed by atoms with Gasteiger partial charge in [-0.2, -0.15) is 13.2 Å². The molecule has 26 heavy (non-hydrogen) atoms. The van der Waals surface area contributed by atoms with E-state index in [9.17, 15) is 18.0 Å². The van der Waals surface area contributed by atoms with E-state index >= 15 is 0 Å². The lowest BCUT2D eigenvalue weighted by atomic mass is 10.2. The third-order valence-electron chi connectivity index (χ3n) is 4.20. The largest absolute Gasteiger partial charge is 0.411 e. The van der Waals surface area contributed by atoms with Crippen molar-refractivity contribution < 1.29 is 22.7 Å². The number of ether oxygens (including phenoxy) is 1. The highest BCUT2D eigenvalue weighted by atomic mass is 19.4. The van der Waals surface area contributed by atoms with Crippen molar-refractivity contribution in [2.45, 2.75) is 19.1 Å². The van der Waals surface area contributed by atoms with E-state index in [2.05, 4.69) is 32.0 Å². The van der Waals surface area contributed by atoms with Gasteiger partial charge >= 0.3 is 6.18 Å². The SMILES string of the molecule is O=C(CCOCC(F)(F)F)NCCN1CCN(Cc2ccccc2)CC1. The second kappa shape index (κ2) is 10.5. The summed E-state index contributed by atoms with van der Waals surface area (Å²) in [4.78, 5) is 16.3. The van der Waals surface area contributed by atoms with E-state index in [4.69, 9.17) is 0 Å². The topological polar surface area (TPSA) is 44.8 Å². The van der Waals surface area contributed by atoms with Crippen LogP contribution in [0.25, 0.3) is 0 Å². The van der Waals surface area contributed by atoms with E-state index < -0.39 is 12.8 Å². The molecule has 5 nitrogen and oxygen atoms in total. The Kier molecular flexibility index (Phi) is 8.34. The Morgan fingerprint density at radius 1 is 1.08 bits per heavy atom. The molecule has 8 heteroatoms. The van der Waals surface area contributed by atoms with Gasteiger partial charge in [-0.05, 0) is 5.56 Å². The van der Waals surface area contributed by atoms with Crippen molar-refractivity contribution in [3.05, 3.63) is 35.9 Å². The molecule has 0 atom stereocenters. The Hall–Kier alpha value is -1.64. The molecule has 2 rings (SSSR count). The number of benzene rings is 1. The number of rotatable bonds is 9. The number of carbonyl (C=O) groups is 1. The Labute approximate surface area is 152 Å². The predicted octanol–water partition coefficient (Wildman–Crippen LogP) is 1.89. The fourth-order valence-electron chi connectivity index (χ4n) is 2.81. The standard InChI is InChI=1S/C18H26F3N3O2/c19-18(20,21)15-26-13-6-17(25)22-7-8-23-9-11-24(12-10-23)14-16-4-2-1-3-5-16/h1-5H,6-15H2,(H,22,25). The van der Waals surface area contributed by atoms with Crippen molar-refractivity contribution in [1.82, 2.24) is 15.1 Å². The number of halogens is 3. The minimum absolute atomic E-state index is 0.0546. The maximum Gasteiger partial charge on any atom is 0.411 e. The number of nitrogens with zero attached hydrogens (tertiary/aromatic N) is 2. The second-order valence-corrected chi connectivity index (χ2v) is 6.37. The first kappa shape index (κ1) is 20.7. The van der Waals surface area contributed by atoms with E-state index in [1.54, 1.807) is 0 Å². The summed E-state index contributed by atoms with van der Waals surface area (Å²) in [6, 6.07) is 10.4. The molecule has 1 saturated heterocycles. The zero-order valence-corrected chi connectivity index (χ0v) is 14.8. The van der Waals surface area contributed by atoms with Crippen LogP contribution in [0.4, 0.5) is 13.2 Å². The Balaban J connectivity index is 1.51. The molecule has 1 heterocycles. The Bertz CT molecular complexity index is 532. The summed E-state index contributed by atoms with van der Waals surface area (Å²) < 4.78 is 40.1. The smallest absolute Gasteiger partial charge is 0.372 e. The van der Waals surface area contributed by atoms with Gasteiger partial charge in [0, 0.05) is 52.2 Å². The summed E-state index contributed by atoms with van der Waals surface area (Å²) in [5, 5.41) is 2.72.